The highest BCUT2D eigenvalue weighted by molar-refractivity contribution is 5.88. The van der Waals surface area contributed by atoms with Gasteiger partial charge in [0.25, 0.3) is 0 Å². The highest BCUT2D eigenvalue weighted by atomic mass is 19.1. The lowest BCUT2D eigenvalue weighted by molar-refractivity contribution is -0.128. The van der Waals surface area contributed by atoms with E-state index in [2.05, 4.69) is 26.8 Å². The fraction of sp³-hybridized carbons (Fsp3) is 0.189. The van der Waals surface area contributed by atoms with E-state index in [0.717, 1.165) is 5.56 Å². The summed E-state index contributed by atoms with van der Waals surface area (Å²) in [4.78, 5) is 12.6. The number of nitrogens with two attached hydrogens (primary N) is 1. The van der Waals surface area contributed by atoms with E-state index in [1.165, 1.54) is 24.8 Å². The number of nitrogens with zero attached hydrogens (tertiary/aromatic N) is 1. The third-order valence-corrected chi connectivity index (χ3v) is 7.46. The predicted octanol–water partition coefficient (Wildman–Crippen LogP) is 7.55. The van der Waals surface area contributed by atoms with Gasteiger partial charge in [0.05, 0.1) is 13.0 Å². The van der Waals surface area contributed by atoms with Crippen molar-refractivity contribution in [3.05, 3.63) is 136 Å². The minimum Gasteiger partial charge on any atom is -0.493 e. The summed E-state index contributed by atoms with van der Waals surface area (Å²) < 4.78 is 36.9. The van der Waals surface area contributed by atoms with Gasteiger partial charge in [-0.2, -0.15) is 5.26 Å². The van der Waals surface area contributed by atoms with Crippen LogP contribution in [0.15, 0.2) is 102 Å². The van der Waals surface area contributed by atoms with Crippen molar-refractivity contribution >= 4 is 12.0 Å². The number of methoxy groups -OCH3 is 1. The van der Waals surface area contributed by atoms with Gasteiger partial charge in [0.15, 0.2) is 11.5 Å². The second-order valence-electron chi connectivity index (χ2n) is 11.5. The van der Waals surface area contributed by atoms with Gasteiger partial charge in [-0.3, -0.25) is 0 Å². The van der Waals surface area contributed by atoms with Crippen molar-refractivity contribution in [2.24, 2.45) is 5.73 Å². The average molecular weight is 605 g/mol. The Balaban J connectivity index is 1.35. The molecule has 1 atom stereocenters. The van der Waals surface area contributed by atoms with Crippen molar-refractivity contribution in [3.63, 3.8) is 0 Å². The maximum atomic E-state index is 14.1. The smallest absolute Gasteiger partial charge is 0.336 e. The highest BCUT2D eigenvalue weighted by Gasteiger charge is 2.32. The zero-order chi connectivity index (χ0) is 32.1. The van der Waals surface area contributed by atoms with Crippen LogP contribution in [-0.4, -0.2) is 13.1 Å². The first kappa shape index (κ1) is 30.9. The summed E-state index contributed by atoms with van der Waals surface area (Å²) in [7, 11) is 1.50. The monoisotopic (exact) mass is 604 g/mol. The number of benzene rings is 4. The Labute approximate surface area is 261 Å². The SMILES string of the molecule is COc1cc(C2C(C#N)=C(N)Oc3cc(OC(=O)/C=C/c4ccc(C(C)(C)C)cc4)ccc32)ccc1OCc1ccccc1F. The van der Waals surface area contributed by atoms with Crippen LogP contribution in [0.4, 0.5) is 4.39 Å². The fourth-order valence-electron chi connectivity index (χ4n) is 5.00. The number of allylic oxidation sites excluding steroid dienone is 1. The first-order valence-corrected chi connectivity index (χ1v) is 14.3. The third kappa shape index (κ3) is 7.00. The van der Waals surface area contributed by atoms with Crippen LogP contribution in [0.1, 0.15) is 54.5 Å². The van der Waals surface area contributed by atoms with Crippen molar-refractivity contribution in [1.82, 2.24) is 0 Å². The molecule has 5 rings (SSSR count). The summed E-state index contributed by atoms with van der Waals surface area (Å²) in [6.07, 6.45) is 3.05. The lowest BCUT2D eigenvalue weighted by Crippen LogP contribution is -2.21. The first-order chi connectivity index (χ1) is 21.6. The number of hydrogen-bond acceptors (Lipinski definition) is 7. The zero-order valence-corrected chi connectivity index (χ0v) is 25.5. The summed E-state index contributed by atoms with van der Waals surface area (Å²) in [5.74, 6) is -0.150. The molecule has 1 heterocycles. The van der Waals surface area contributed by atoms with Crippen LogP contribution >= 0.6 is 0 Å². The van der Waals surface area contributed by atoms with Gasteiger partial charge in [0.1, 0.15) is 35.6 Å². The average Bonchev–Trinajstić information content (AvgIpc) is 3.02. The van der Waals surface area contributed by atoms with E-state index in [1.807, 2.05) is 24.3 Å². The summed E-state index contributed by atoms with van der Waals surface area (Å²) in [5.41, 5.74) is 10.3. The summed E-state index contributed by atoms with van der Waals surface area (Å²) >= 11 is 0. The number of carbonyl (C=O) groups is 1. The van der Waals surface area contributed by atoms with Crippen molar-refractivity contribution in [2.75, 3.05) is 7.11 Å². The summed E-state index contributed by atoms with van der Waals surface area (Å²) in [6, 6.07) is 26.7. The molecule has 0 fully saturated rings. The van der Waals surface area contributed by atoms with Crippen molar-refractivity contribution in [1.29, 1.82) is 5.26 Å². The molecule has 4 aromatic carbocycles. The van der Waals surface area contributed by atoms with E-state index in [-0.39, 0.29) is 35.0 Å². The molecule has 0 radical (unpaired) electrons. The fourth-order valence-corrected chi connectivity index (χ4v) is 5.00. The number of nitriles is 1. The molecular formula is C37H33FN2O5. The normalized spacial score (nSPS) is 14.4. The van der Waals surface area contributed by atoms with Crippen LogP contribution in [0, 0.1) is 17.1 Å². The number of halogens is 1. The number of carbonyl (C=O) groups excluding carboxylic acids is 1. The number of ether oxygens (including phenoxy) is 4. The zero-order valence-electron chi connectivity index (χ0n) is 25.5. The highest BCUT2D eigenvalue weighted by Crippen LogP contribution is 2.45. The molecule has 1 unspecified atom stereocenters. The topological polar surface area (TPSA) is 104 Å². The van der Waals surface area contributed by atoms with E-state index < -0.39 is 11.9 Å². The number of fused-ring (bicyclic) bond motifs is 1. The Morgan fingerprint density at radius 3 is 2.47 bits per heavy atom. The molecule has 0 saturated carbocycles. The van der Waals surface area contributed by atoms with Crippen LogP contribution in [-0.2, 0) is 16.8 Å². The molecule has 0 aliphatic carbocycles. The molecule has 0 spiro atoms. The van der Waals surface area contributed by atoms with Gasteiger partial charge in [-0.25, -0.2) is 9.18 Å². The van der Waals surface area contributed by atoms with Gasteiger partial charge in [-0.1, -0.05) is 75.4 Å². The standard InChI is InChI=1S/C37H33FN2O5/c1-37(2,3)26-13-9-23(10-14-26)11-18-34(41)44-27-15-16-28-32(20-27)45-36(40)29(21-39)35(28)24-12-17-31(33(19-24)42-4)43-22-25-7-5-6-8-30(25)38/h5-20,35H,22,40H2,1-4H3/b18-11+. The molecule has 0 bridgehead atoms. The van der Waals surface area contributed by atoms with Crippen LogP contribution in [0.2, 0.25) is 0 Å². The molecule has 7 nitrogen and oxygen atoms in total. The first-order valence-electron chi connectivity index (χ1n) is 14.3. The number of hydrogen-bond donors (Lipinski definition) is 1. The Morgan fingerprint density at radius 2 is 1.78 bits per heavy atom. The molecule has 1 aliphatic rings. The Kier molecular flexibility index (Phi) is 8.91. The Hall–Kier alpha value is -5.55. The maximum Gasteiger partial charge on any atom is 0.336 e. The summed E-state index contributed by atoms with van der Waals surface area (Å²) in [6.45, 7) is 6.44. The van der Waals surface area contributed by atoms with Crippen LogP contribution in [0.25, 0.3) is 6.08 Å². The maximum absolute atomic E-state index is 14.1. The Bertz CT molecular complexity index is 1830. The summed E-state index contributed by atoms with van der Waals surface area (Å²) in [5, 5.41) is 9.98. The lowest BCUT2D eigenvalue weighted by Gasteiger charge is -2.27. The third-order valence-electron chi connectivity index (χ3n) is 7.46. The minimum atomic E-state index is -0.589. The molecule has 228 valence electrons. The molecule has 8 heteroatoms. The second kappa shape index (κ2) is 13.0. The molecule has 0 saturated heterocycles. The molecule has 0 aromatic heterocycles. The van der Waals surface area contributed by atoms with E-state index in [9.17, 15) is 14.4 Å². The van der Waals surface area contributed by atoms with E-state index in [1.54, 1.807) is 60.7 Å². The van der Waals surface area contributed by atoms with Crippen LogP contribution in [0.3, 0.4) is 0 Å². The van der Waals surface area contributed by atoms with E-state index >= 15 is 0 Å². The van der Waals surface area contributed by atoms with Crippen molar-refractivity contribution in [2.45, 2.75) is 38.7 Å². The van der Waals surface area contributed by atoms with Gasteiger partial charge in [0, 0.05) is 23.3 Å². The lowest BCUT2D eigenvalue weighted by atomic mass is 9.83. The van der Waals surface area contributed by atoms with Gasteiger partial charge >= 0.3 is 5.97 Å². The predicted molar refractivity (Wildman–Crippen MR) is 169 cm³/mol. The minimum absolute atomic E-state index is 0.0128. The van der Waals surface area contributed by atoms with Crippen molar-refractivity contribution in [3.8, 4) is 29.1 Å². The molecular weight excluding hydrogens is 571 g/mol. The largest absolute Gasteiger partial charge is 0.493 e. The van der Waals surface area contributed by atoms with E-state index in [4.69, 9.17) is 24.7 Å². The second-order valence-corrected chi connectivity index (χ2v) is 11.5. The number of rotatable bonds is 8. The molecule has 1 aliphatic heterocycles. The van der Waals surface area contributed by atoms with Crippen LogP contribution in [0.5, 0.6) is 23.0 Å². The Morgan fingerprint density at radius 1 is 1.02 bits per heavy atom. The molecule has 4 aromatic rings. The molecule has 2 N–H and O–H groups in total. The quantitative estimate of drug-likeness (QED) is 0.126. The van der Waals surface area contributed by atoms with Crippen molar-refractivity contribution < 1.29 is 28.1 Å². The van der Waals surface area contributed by atoms with Gasteiger partial charge in [0.2, 0.25) is 5.88 Å². The molecule has 0 amide bonds. The van der Waals surface area contributed by atoms with E-state index in [0.29, 0.717) is 33.9 Å². The molecule has 45 heavy (non-hydrogen) atoms. The number of esters is 1. The van der Waals surface area contributed by atoms with Crippen LogP contribution < -0.4 is 24.7 Å². The van der Waals surface area contributed by atoms with Gasteiger partial charge in [-0.15, -0.1) is 0 Å². The van der Waals surface area contributed by atoms with Gasteiger partial charge in [-0.05, 0) is 52.4 Å². The van der Waals surface area contributed by atoms with Gasteiger partial charge < -0.3 is 24.7 Å².